The molecule has 3 heteroatoms. The van der Waals surface area contributed by atoms with Crippen LogP contribution in [-0.4, -0.2) is 11.1 Å². The van der Waals surface area contributed by atoms with Crippen molar-refractivity contribution >= 4 is 11.6 Å². The van der Waals surface area contributed by atoms with E-state index < -0.39 is 0 Å². The number of pyridine rings is 1. The Hall–Kier alpha value is -0.760. The van der Waals surface area contributed by atoms with Crippen molar-refractivity contribution in [1.82, 2.24) is 4.98 Å². The number of halogens is 1. The van der Waals surface area contributed by atoms with E-state index in [-0.39, 0.29) is 6.10 Å². The SMILES string of the molecule is CCCCCCCCCC(CCCCCC(C)C)Oc1cccnc1Cl. The van der Waals surface area contributed by atoms with Gasteiger partial charge in [-0.25, -0.2) is 4.98 Å². The van der Waals surface area contributed by atoms with Crippen LogP contribution in [-0.2, 0) is 0 Å². The summed E-state index contributed by atoms with van der Waals surface area (Å²) >= 11 is 6.18. The average molecular weight is 382 g/mol. The van der Waals surface area contributed by atoms with Crippen molar-refractivity contribution in [2.75, 3.05) is 0 Å². The topological polar surface area (TPSA) is 22.1 Å². The summed E-state index contributed by atoms with van der Waals surface area (Å²) in [5, 5.41) is 0.483. The Kier molecular flexibility index (Phi) is 13.7. The molecule has 0 aliphatic carbocycles. The molecule has 0 bridgehead atoms. The lowest BCUT2D eigenvalue weighted by Gasteiger charge is -2.20. The van der Waals surface area contributed by atoms with Crippen molar-refractivity contribution in [3.63, 3.8) is 0 Å². The Labute approximate surface area is 167 Å². The lowest BCUT2D eigenvalue weighted by molar-refractivity contribution is 0.172. The van der Waals surface area contributed by atoms with Gasteiger partial charge in [-0.3, -0.25) is 0 Å². The molecule has 2 nitrogen and oxygen atoms in total. The molecule has 0 saturated heterocycles. The Morgan fingerprint density at radius 3 is 2.08 bits per heavy atom. The minimum Gasteiger partial charge on any atom is -0.487 e. The predicted molar refractivity (Wildman–Crippen MR) is 114 cm³/mol. The zero-order valence-corrected chi connectivity index (χ0v) is 18.1. The fraction of sp³-hybridized carbons (Fsp3) is 0.783. The van der Waals surface area contributed by atoms with Crippen LogP contribution < -0.4 is 4.74 Å². The van der Waals surface area contributed by atoms with Gasteiger partial charge in [-0.2, -0.15) is 0 Å². The summed E-state index contributed by atoms with van der Waals surface area (Å²) in [6, 6.07) is 3.83. The minimum absolute atomic E-state index is 0.270. The molecule has 0 N–H and O–H groups in total. The monoisotopic (exact) mass is 381 g/mol. The van der Waals surface area contributed by atoms with E-state index in [1.165, 1.54) is 70.6 Å². The van der Waals surface area contributed by atoms with Crippen LogP contribution in [0, 0.1) is 5.92 Å². The normalized spacial score (nSPS) is 12.5. The molecule has 1 atom stereocenters. The van der Waals surface area contributed by atoms with Crippen molar-refractivity contribution in [1.29, 1.82) is 0 Å². The second-order valence-electron chi connectivity index (χ2n) is 7.97. The predicted octanol–water partition coefficient (Wildman–Crippen LogP) is 8.23. The van der Waals surface area contributed by atoms with E-state index in [4.69, 9.17) is 16.3 Å². The number of ether oxygens (including phenoxy) is 1. The van der Waals surface area contributed by atoms with Gasteiger partial charge in [0.15, 0.2) is 10.9 Å². The van der Waals surface area contributed by atoms with Gasteiger partial charge < -0.3 is 4.74 Å². The van der Waals surface area contributed by atoms with Crippen LogP contribution in [0.4, 0.5) is 0 Å². The first kappa shape index (κ1) is 23.3. The lowest BCUT2D eigenvalue weighted by atomic mass is 10.0. The third-order valence-electron chi connectivity index (χ3n) is 4.96. The molecule has 0 radical (unpaired) electrons. The van der Waals surface area contributed by atoms with Crippen LogP contribution in [0.15, 0.2) is 18.3 Å². The molecule has 1 rings (SSSR count). The third-order valence-corrected chi connectivity index (χ3v) is 5.24. The van der Waals surface area contributed by atoms with Gasteiger partial charge >= 0.3 is 0 Å². The second kappa shape index (κ2) is 15.3. The van der Waals surface area contributed by atoms with Gasteiger partial charge in [0.1, 0.15) is 0 Å². The smallest absolute Gasteiger partial charge is 0.171 e. The van der Waals surface area contributed by atoms with Crippen LogP contribution in [0.25, 0.3) is 0 Å². The Bertz CT molecular complexity index is 450. The standard InChI is InChI=1S/C23H40ClNO/c1-4-5-6-7-8-9-12-16-21(17-13-10-11-15-20(2)3)26-22-18-14-19-25-23(22)24/h14,18-21H,4-13,15-17H2,1-3H3. The van der Waals surface area contributed by atoms with Gasteiger partial charge in [0.2, 0.25) is 0 Å². The summed E-state index contributed by atoms with van der Waals surface area (Å²) in [5.74, 6) is 1.55. The first-order valence-electron chi connectivity index (χ1n) is 10.9. The molecule has 0 saturated carbocycles. The molecule has 26 heavy (non-hydrogen) atoms. The molecule has 1 unspecified atom stereocenters. The highest BCUT2D eigenvalue weighted by Crippen LogP contribution is 2.25. The lowest BCUT2D eigenvalue weighted by Crippen LogP contribution is -2.17. The van der Waals surface area contributed by atoms with Gasteiger partial charge in [0, 0.05) is 6.20 Å². The van der Waals surface area contributed by atoms with E-state index >= 15 is 0 Å². The molecular formula is C23H40ClNO. The van der Waals surface area contributed by atoms with E-state index in [1.807, 2.05) is 12.1 Å². The van der Waals surface area contributed by atoms with Crippen LogP contribution in [0.2, 0.25) is 5.15 Å². The first-order chi connectivity index (χ1) is 12.6. The van der Waals surface area contributed by atoms with E-state index in [1.54, 1.807) is 6.20 Å². The summed E-state index contributed by atoms with van der Waals surface area (Å²) in [6.45, 7) is 6.88. The number of rotatable bonds is 16. The van der Waals surface area contributed by atoms with Crippen LogP contribution >= 0.6 is 11.6 Å². The van der Waals surface area contributed by atoms with E-state index in [9.17, 15) is 0 Å². The van der Waals surface area contributed by atoms with E-state index in [2.05, 4.69) is 25.8 Å². The van der Waals surface area contributed by atoms with Crippen molar-refractivity contribution < 1.29 is 4.74 Å². The van der Waals surface area contributed by atoms with Gasteiger partial charge in [-0.05, 0) is 43.7 Å². The van der Waals surface area contributed by atoms with E-state index in [0.29, 0.717) is 5.15 Å². The summed E-state index contributed by atoms with van der Waals surface area (Å²) in [7, 11) is 0. The molecule has 1 aromatic rings. The van der Waals surface area contributed by atoms with Crippen LogP contribution in [0.1, 0.15) is 104 Å². The summed E-state index contributed by atoms with van der Waals surface area (Å²) in [6.07, 6.45) is 18.8. The number of hydrogen-bond acceptors (Lipinski definition) is 2. The van der Waals surface area contributed by atoms with Crippen LogP contribution in [0.5, 0.6) is 5.75 Å². The molecule has 0 spiro atoms. The summed E-state index contributed by atoms with van der Waals surface area (Å²) < 4.78 is 6.22. The van der Waals surface area contributed by atoms with Crippen LogP contribution in [0.3, 0.4) is 0 Å². The third kappa shape index (κ3) is 11.8. The molecule has 0 aliphatic rings. The fourth-order valence-electron chi connectivity index (χ4n) is 3.33. The first-order valence-corrected chi connectivity index (χ1v) is 11.3. The van der Waals surface area contributed by atoms with Crippen molar-refractivity contribution in [3.05, 3.63) is 23.5 Å². The molecule has 0 aromatic carbocycles. The Morgan fingerprint density at radius 1 is 0.885 bits per heavy atom. The molecule has 150 valence electrons. The highest BCUT2D eigenvalue weighted by atomic mass is 35.5. The molecular weight excluding hydrogens is 342 g/mol. The Morgan fingerprint density at radius 2 is 1.46 bits per heavy atom. The van der Waals surface area contributed by atoms with Crippen molar-refractivity contribution in [3.8, 4) is 5.75 Å². The number of nitrogens with zero attached hydrogens (tertiary/aromatic N) is 1. The van der Waals surface area contributed by atoms with Crippen molar-refractivity contribution in [2.24, 2.45) is 5.92 Å². The average Bonchev–Trinajstić information content (AvgIpc) is 2.62. The summed E-state index contributed by atoms with van der Waals surface area (Å²) in [5.41, 5.74) is 0. The molecule has 1 aromatic heterocycles. The zero-order chi connectivity index (χ0) is 19.0. The zero-order valence-electron chi connectivity index (χ0n) is 17.3. The minimum atomic E-state index is 0.270. The largest absolute Gasteiger partial charge is 0.487 e. The molecule has 0 fully saturated rings. The van der Waals surface area contributed by atoms with Gasteiger partial charge in [0.05, 0.1) is 6.10 Å². The number of hydrogen-bond donors (Lipinski definition) is 0. The maximum Gasteiger partial charge on any atom is 0.171 e. The Balaban J connectivity index is 2.34. The number of aromatic nitrogens is 1. The van der Waals surface area contributed by atoms with Gasteiger partial charge in [-0.15, -0.1) is 0 Å². The second-order valence-corrected chi connectivity index (χ2v) is 8.33. The maximum absolute atomic E-state index is 6.22. The fourth-order valence-corrected chi connectivity index (χ4v) is 3.50. The van der Waals surface area contributed by atoms with Gasteiger partial charge in [-0.1, -0.05) is 90.2 Å². The highest BCUT2D eigenvalue weighted by Gasteiger charge is 2.13. The molecule has 0 aliphatic heterocycles. The molecule has 0 amide bonds. The highest BCUT2D eigenvalue weighted by molar-refractivity contribution is 6.30. The maximum atomic E-state index is 6.22. The van der Waals surface area contributed by atoms with Crippen molar-refractivity contribution in [2.45, 2.75) is 110 Å². The summed E-state index contributed by atoms with van der Waals surface area (Å²) in [4.78, 5) is 4.14. The van der Waals surface area contributed by atoms with Gasteiger partial charge in [0.25, 0.3) is 0 Å². The molecule has 1 heterocycles. The quantitative estimate of drug-likeness (QED) is 0.212. The van der Waals surface area contributed by atoms with E-state index in [0.717, 1.165) is 24.5 Å². The number of unbranched alkanes of at least 4 members (excludes halogenated alkanes) is 8.